The summed E-state index contributed by atoms with van der Waals surface area (Å²) in [4.78, 5) is 15.0. The van der Waals surface area contributed by atoms with Gasteiger partial charge in [-0.2, -0.15) is 0 Å². The highest BCUT2D eigenvalue weighted by atomic mass is 16.4. The number of rotatable bonds is 2. The molecule has 1 aliphatic rings. The molecule has 0 atom stereocenters. The Balaban J connectivity index is 2.38. The lowest BCUT2D eigenvalue weighted by Gasteiger charge is -2.37. The largest absolute Gasteiger partial charge is 0.481 e. The highest BCUT2D eigenvalue weighted by molar-refractivity contribution is 5.82. The first-order valence-electron chi connectivity index (χ1n) is 4.40. The Bertz CT molecular complexity index is 317. The van der Waals surface area contributed by atoms with Gasteiger partial charge in [0.2, 0.25) is 0 Å². The predicted molar refractivity (Wildman–Crippen MR) is 47.4 cm³/mol. The van der Waals surface area contributed by atoms with E-state index < -0.39 is 11.4 Å². The average Bonchev–Trinajstić information content (AvgIpc) is 2.03. The first kappa shape index (κ1) is 8.23. The maximum atomic E-state index is 11.1. The standard InChI is InChI=1S/C10H11NO2/c12-9(13)10(4-2-5-10)8-3-1-6-11-7-8/h1,3,6-7H,2,4-5H2,(H,12,13). The van der Waals surface area contributed by atoms with Crippen molar-refractivity contribution in [2.45, 2.75) is 24.7 Å². The molecule has 1 heterocycles. The SMILES string of the molecule is O=C(O)C1(c2cccnc2)CCC1. The summed E-state index contributed by atoms with van der Waals surface area (Å²) in [6, 6.07) is 3.64. The van der Waals surface area contributed by atoms with Crippen molar-refractivity contribution in [1.29, 1.82) is 0 Å². The van der Waals surface area contributed by atoms with E-state index in [0.29, 0.717) is 0 Å². The molecule has 68 valence electrons. The summed E-state index contributed by atoms with van der Waals surface area (Å²) >= 11 is 0. The summed E-state index contributed by atoms with van der Waals surface area (Å²) in [5.41, 5.74) is 0.211. The molecular weight excluding hydrogens is 166 g/mol. The van der Waals surface area contributed by atoms with Gasteiger partial charge in [-0.1, -0.05) is 12.5 Å². The van der Waals surface area contributed by atoms with Crippen LogP contribution < -0.4 is 0 Å². The second-order valence-corrected chi connectivity index (χ2v) is 3.48. The highest BCUT2D eigenvalue weighted by Gasteiger charge is 2.45. The second-order valence-electron chi connectivity index (χ2n) is 3.48. The molecule has 2 rings (SSSR count). The van der Waals surface area contributed by atoms with E-state index >= 15 is 0 Å². The van der Waals surface area contributed by atoms with Crippen molar-refractivity contribution in [2.75, 3.05) is 0 Å². The summed E-state index contributed by atoms with van der Waals surface area (Å²) in [5, 5.41) is 9.11. The molecule has 3 nitrogen and oxygen atoms in total. The number of hydrogen-bond acceptors (Lipinski definition) is 2. The number of pyridine rings is 1. The zero-order valence-corrected chi connectivity index (χ0v) is 7.23. The zero-order chi connectivity index (χ0) is 9.31. The number of carboxylic acids is 1. The Kier molecular flexibility index (Phi) is 1.79. The molecule has 3 heteroatoms. The van der Waals surface area contributed by atoms with Gasteiger partial charge >= 0.3 is 5.97 Å². The van der Waals surface area contributed by atoms with Crippen molar-refractivity contribution in [3.05, 3.63) is 30.1 Å². The molecule has 0 aromatic carbocycles. The van der Waals surface area contributed by atoms with Gasteiger partial charge in [0, 0.05) is 12.4 Å². The van der Waals surface area contributed by atoms with Crippen LogP contribution in [0.25, 0.3) is 0 Å². The minimum atomic E-state index is -0.716. The number of carbonyl (C=O) groups is 1. The van der Waals surface area contributed by atoms with Crippen LogP contribution in [0.3, 0.4) is 0 Å². The van der Waals surface area contributed by atoms with Gasteiger partial charge in [-0.05, 0) is 24.5 Å². The van der Waals surface area contributed by atoms with Crippen LogP contribution >= 0.6 is 0 Å². The van der Waals surface area contributed by atoms with E-state index in [0.717, 1.165) is 24.8 Å². The van der Waals surface area contributed by atoms with Crippen LogP contribution in [0.15, 0.2) is 24.5 Å². The van der Waals surface area contributed by atoms with Crippen LogP contribution in [0, 0.1) is 0 Å². The van der Waals surface area contributed by atoms with E-state index in [2.05, 4.69) is 4.98 Å². The van der Waals surface area contributed by atoms with Crippen LogP contribution in [0.5, 0.6) is 0 Å². The molecule has 0 radical (unpaired) electrons. The monoisotopic (exact) mass is 177 g/mol. The minimum absolute atomic E-state index is 0.631. The molecule has 1 aromatic rings. The summed E-state index contributed by atoms with van der Waals surface area (Å²) in [7, 11) is 0. The molecule has 13 heavy (non-hydrogen) atoms. The maximum Gasteiger partial charge on any atom is 0.314 e. The fourth-order valence-corrected chi connectivity index (χ4v) is 1.80. The van der Waals surface area contributed by atoms with E-state index in [1.54, 1.807) is 18.5 Å². The van der Waals surface area contributed by atoms with Crippen LogP contribution in [-0.4, -0.2) is 16.1 Å². The Hall–Kier alpha value is -1.38. The molecule has 1 fully saturated rings. The summed E-state index contributed by atoms with van der Waals surface area (Å²) in [6.45, 7) is 0. The van der Waals surface area contributed by atoms with Crippen molar-refractivity contribution in [2.24, 2.45) is 0 Å². The molecule has 0 unspecified atom stereocenters. The van der Waals surface area contributed by atoms with Gasteiger partial charge in [-0.3, -0.25) is 9.78 Å². The van der Waals surface area contributed by atoms with Gasteiger partial charge < -0.3 is 5.11 Å². The van der Waals surface area contributed by atoms with Gasteiger partial charge in [0.25, 0.3) is 0 Å². The van der Waals surface area contributed by atoms with Gasteiger partial charge in [0.15, 0.2) is 0 Å². The van der Waals surface area contributed by atoms with Crippen molar-refractivity contribution in [3.8, 4) is 0 Å². The normalized spacial score (nSPS) is 19.1. The van der Waals surface area contributed by atoms with Gasteiger partial charge in [0.1, 0.15) is 0 Å². The first-order valence-corrected chi connectivity index (χ1v) is 4.40. The molecule has 0 bridgehead atoms. The topological polar surface area (TPSA) is 50.2 Å². The van der Waals surface area contributed by atoms with Crippen molar-refractivity contribution in [3.63, 3.8) is 0 Å². The fraction of sp³-hybridized carbons (Fsp3) is 0.400. The Morgan fingerprint density at radius 2 is 2.31 bits per heavy atom. The highest BCUT2D eigenvalue weighted by Crippen LogP contribution is 2.43. The summed E-state index contributed by atoms with van der Waals surface area (Å²) in [5.74, 6) is -0.716. The lowest BCUT2D eigenvalue weighted by atomic mass is 9.65. The first-order chi connectivity index (χ1) is 6.26. The molecule has 0 amide bonds. The third-order valence-corrected chi connectivity index (χ3v) is 2.83. The number of aliphatic carboxylic acids is 1. The van der Waals surface area contributed by atoms with Crippen LogP contribution in [0.4, 0.5) is 0 Å². The molecular formula is C10H11NO2. The van der Waals surface area contributed by atoms with Crippen molar-refractivity contribution >= 4 is 5.97 Å². The molecule has 1 aliphatic carbocycles. The van der Waals surface area contributed by atoms with Crippen LogP contribution in [0.1, 0.15) is 24.8 Å². The molecule has 0 saturated heterocycles. The quantitative estimate of drug-likeness (QED) is 0.746. The van der Waals surface area contributed by atoms with Crippen LogP contribution in [0.2, 0.25) is 0 Å². The number of nitrogens with zero attached hydrogens (tertiary/aromatic N) is 1. The van der Waals surface area contributed by atoms with E-state index in [9.17, 15) is 4.79 Å². The Morgan fingerprint density at radius 1 is 1.54 bits per heavy atom. The maximum absolute atomic E-state index is 11.1. The average molecular weight is 177 g/mol. The van der Waals surface area contributed by atoms with E-state index in [-0.39, 0.29) is 0 Å². The third-order valence-electron chi connectivity index (χ3n) is 2.83. The predicted octanol–water partition coefficient (Wildman–Crippen LogP) is 1.59. The fourth-order valence-electron chi connectivity index (χ4n) is 1.80. The minimum Gasteiger partial charge on any atom is -0.481 e. The Labute approximate surface area is 76.4 Å². The number of carboxylic acid groups (broad SMARTS) is 1. The molecule has 0 aliphatic heterocycles. The van der Waals surface area contributed by atoms with Crippen LogP contribution in [-0.2, 0) is 10.2 Å². The third kappa shape index (κ3) is 1.11. The lowest BCUT2D eigenvalue weighted by Crippen LogP contribution is -2.42. The van der Waals surface area contributed by atoms with E-state index in [4.69, 9.17) is 5.11 Å². The summed E-state index contributed by atoms with van der Waals surface area (Å²) in [6.07, 6.45) is 5.81. The second kappa shape index (κ2) is 2.83. The van der Waals surface area contributed by atoms with Gasteiger partial charge in [-0.15, -0.1) is 0 Å². The smallest absolute Gasteiger partial charge is 0.314 e. The Morgan fingerprint density at radius 3 is 2.69 bits per heavy atom. The molecule has 1 aromatic heterocycles. The van der Waals surface area contributed by atoms with E-state index in [1.807, 2.05) is 6.07 Å². The summed E-state index contributed by atoms with van der Waals surface area (Å²) < 4.78 is 0. The molecule has 1 N–H and O–H groups in total. The molecule has 0 spiro atoms. The van der Waals surface area contributed by atoms with Crippen molar-refractivity contribution in [1.82, 2.24) is 4.98 Å². The van der Waals surface area contributed by atoms with E-state index in [1.165, 1.54) is 0 Å². The zero-order valence-electron chi connectivity index (χ0n) is 7.23. The number of aromatic nitrogens is 1. The van der Waals surface area contributed by atoms with Crippen molar-refractivity contribution < 1.29 is 9.90 Å². The number of hydrogen-bond donors (Lipinski definition) is 1. The van der Waals surface area contributed by atoms with Gasteiger partial charge in [0.05, 0.1) is 5.41 Å². The lowest BCUT2D eigenvalue weighted by molar-refractivity contribution is -0.147. The molecule has 1 saturated carbocycles. The van der Waals surface area contributed by atoms with Gasteiger partial charge in [-0.25, -0.2) is 0 Å².